The Kier molecular flexibility index (Phi) is 2.56. The van der Waals surface area contributed by atoms with Crippen LogP contribution in [0.3, 0.4) is 0 Å². The highest BCUT2D eigenvalue weighted by Gasteiger charge is 2.10. The summed E-state index contributed by atoms with van der Waals surface area (Å²) in [6, 6.07) is 9.35. The van der Waals surface area contributed by atoms with Crippen molar-refractivity contribution < 1.29 is 14.3 Å². The quantitative estimate of drug-likeness (QED) is 0.759. The van der Waals surface area contributed by atoms with Gasteiger partial charge < -0.3 is 9.52 Å². The molecule has 3 aromatic rings. The van der Waals surface area contributed by atoms with E-state index in [-0.39, 0.29) is 5.56 Å². The number of hydrogen-bond donors (Lipinski definition) is 1. The van der Waals surface area contributed by atoms with Crippen LogP contribution in [0.15, 0.2) is 47.1 Å². The van der Waals surface area contributed by atoms with Crippen LogP contribution in [0.25, 0.3) is 22.3 Å². The van der Waals surface area contributed by atoms with E-state index >= 15 is 0 Å². The Morgan fingerprint density at radius 3 is 2.84 bits per heavy atom. The molecule has 0 amide bonds. The van der Waals surface area contributed by atoms with Gasteiger partial charge in [0.15, 0.2) is 0 Å². The van der Waals surface area contributed by atoms with E-state index < -0.39 is 5.97 Å². The second kappa shape index (κ2) is 4.24. The summed E-state index contributed by atoms with van der Waals surface area (Å²) < 4.78 is 5.71. The lowest BCUT2D eigenvalue weighted by Gasteiger charge is -1.97. The van der Waals surface area contributed by atoms with Crippen molar-refractivity contribution in [1.82, 2.24) is 4.98 Å². The summed E-state index contributed by atoms with van der Waals surface area (Å²) in [4.78, 5) is 14.9. The molecular weight excluding hydrogens is 242 g/mol. The van der Waals surface area contributed by atoms with Crippen molar-refractivity contribution in [3.8, 4) is 11.3 Å². The van der Waals surface area contributed by atoms with Crippen LogP contribution in [0.2, 0.25) is 0 Å². The fraction of sp³-hybridized carbons (Fsp3) is 0.0667. The smallest absolute Gasteiger partial charge is 0.337 e. The number of aromatic nitrogens is 1. The molecule has 0 aliphatic heterocycles. The first-order valence-corrected chi connectivity index (χ1v) is 5.82. The number of nitrogens with zero attached hydrogens (tertiary/aromatic N) is 1. The molecule has 94 valence electrons. The zero-order valence-electron chi connectivity index (χ0n) is 10.3. The van der Waals surface area contributed by atoms with Gasteiger partial charge >= 0.3 is 5.97 Å². The van der Waals surface area contributed by atoms with Gasteiger partial charge in [-0.15, -0.1) is 0 Å². The molecule has 0 unspecified atom stereocenters. The minimum atomic E-state index is -0.999. The van der Waals surface area contributed by atoms with Crippen LogP contribution in [0.4, 0.5) is 0 Å². The SMILES string of the molecule is Cc1ccc2oc(-c3cncc(C(=O)O)c3)cc2c1. The highest BCUT2D eigenvalue weighted by atomic mass is 16.4. The van der Waals surface area contributed by atoms with E-state index in [2.05, 4.69) is 4.98 Å². The number of furan rings is 1. The summed E-state index contributed by atoms with van der Waals surface area (Å²) in [7, 11) is 0. The number of carboxylic acids is 1. The molecule has 2 heterocycles. The molecule has 3 rings (SSSR count). The molecule has 2 aromatic heterocycles. The summed E-state index contributed by atoms with van der Waals surface area (Å²) in [5, 5.41) is 9.96. The number of aromatic carboxylic acids is 1. The van der Waals surface area contributed by atoms with E-state index in [0.717, 1.165) is 16.5 Å². The Bertz CT molecular complexity index is 774. The predicted octanol–water partition coefficient (Wildman–Crippen LogP) is 3.50. The summed E-state index contributed by atoms with van der Waals surface area (Å²) in [5.41, 5.74) is 2.74. The maximum atomic E-state index is 10.9. The fourth-order valence-corrected chi connectivity index (χ4v) is 2.00. The highest BCUT2D eigenvalue weighted by molar-refractivity contribution is 5.89. The van der Waals surface area contributed by atoms with Crippen molar-refractivity contribution in [2.45, 2.75) is 6.92 Å². The largest absolute Gasteiger partial charge is 0.478 e. The zero-order chi connectivity index (χ0) is 13.4. The minimum absolute atomic E-state index is 0.147. The monoisotopic (exact) mass is 253 g/mol. The molecule has 0 saturated carbocycles. The van der Waals surface area contributed by atoms with Crippen molar-refractivity contribution >= 4 is 16.9 Å². The Morgan fingerprint density at radius 2 is 2.05 bits per heavy atom. The third-order valence-electron chi connectivity index (χ3n) is 2.94. The highest BCUT2D eigenvalue weighted by Crippen LogP contribution is 2.28. The van der Waals surface area contributed by atoms with Gasteiger partial charge in [-0.1, -0.05) is 11.6 Å². The summed E-state index contributed by atoms with van der Waals surface area (Å²) in [6.07, 6.45) is 2.91. The van der Waals surface area contributed by atoms with Crippen LogP contribution in [0.1, 0.15) is 15.9 Å². The molecule has 0 spiro atoms. The van der Waals surface area contributed by atoms with E-state index in [1.807, 2.05) is 31.2 Å². The van der Waals surface area contributed by atoms with Crippen LogP contribution in [0, 0.1) is 6.92 Å². The molecule has 0 bridgehead atoms. The van der Waals surface area contributed by atoms with E-state index in [1.165, 1.54) is 6.20 Å². The molecule has 1 N–H and O–H groups in total. The molecule has 0 saturated heterocycles. The van der Waals surface area contributed by atoms with Crippen LogP contribution in [-0.4, -0.2) is 16.1 Å². The van der Waals surface area contributed by atoms with Crippen molar-refractivity contribution in [2.24, 2.45) is 0 Å². The van der Waals surface area contributed by atoms with E-state index in [9.17, 15) is 4.79 Å². The average Bonchev–Trinajstić information content (AvgIpc) is 2.81. The normalized spacial score (nSPS) is 10.8. The van der Waals surface area contributed by atoms with E-state index in [4.69, 9.17) is 9.52 Å². The van der Waals surface area contributed by atoms with Gasteiger partial charge in [-0.25, -0.2) is 4.79 Å². The molecule has 0 aliphatic carbocycles. The Hall–Kier alpha value is -2.62. The summed E-state index contributed by atoms with van der Waals surface area (Å²) in [6.45, 7) is 2.01. The number of aryl methyl sites for hydroxylation is 1. The average molecular weight is 253 g/mol. The first-order valence-electron chi connectivity index (χ1n) is 5.82. The molecule has 0 atom stereocenters. The molecule has 4 nitrogen and oxygen atoms in total. The zero-order valence-corrected chi connectivity index (χ0v) is 10.3. The third kappa shape index (κ3) is 2.08. The Morgan fingerprint density at radius 1 is 1.21 bits per heavy atom. The van der Waals surface area contributed by atoms with Gasteiger partial charge in [-0.05, 0) is 31.2 Å². The number of carboxylic acid groups (broad SMARTS) is 1. The van der Waals surface area contributed by atoms with Gasteiger partial charge in [-0.2, -0.15) is 0 Å². The Labute approximate surface area is 109 Å². The van der Waals surface area contributed by atoms with E-state index in [1.54, 1.807) is 12.3 Å². The minimum Gasteiger partial charge on any atom is -0.478 e. The van der Waals surface area contributed by atoms with Crippen molar-refractivity contribution in [3.63, 3.8) is 0 Å². The lowest BCUT2D eigenvalue weighted by atomic mass is 10.1. The number of benzene rings is 1. The second-order valence-electron chi connectivity index (χ2n) is 4.42. The molecular formula is C15H11NO3. The summed E-state index contributed by atoms with van der Waals surface area (Å²) >= 11 is 0. The number of hydrogen-bond acceptors (Lipinski definition) is 3. The van der Waals surface area contributed by atoms with Crippen LogP contribution in [0.5, 0.6) is 0 Å². The van der Waals surface area contributed by atoms with Crippen molar-refractivity contribution in [1.29, 1.82) is 0 Å². The number of carbonyl (C=O) groups is 1. The number of fused-ring (bicyclic) bond motifs is 1. The summed E-state index contributed by atoms with van der Waals surface area (Å²) in [5.74, 6) is -0.377. The van der Waals surface area contributed by atoms with Gasteiger partial charge in [0.1, 0.15) is 11.3 Å². The van der Waals surface area contributed by atoms with Gasteiger partial charge in [0, 0.05) is 23.3 Å². The standard InChI is InChI=1S/C15H11NO3/c1-9-2-3-13-10(4-9)6-14(19-13)11-5-12(15(17)18)8-16-7-11/h2-8H,1H3,(H,17,18). The van der Waals surface area contributed by atoms with Crippen LogP contribution in [-0.2, 0) is 0 Å². The van der Waals surface area contributed by atoms with Crippen LogP contribution >= 0.6 is 0 Å². The molecule has 1 aromatic carbocycles. The van der Waals surface area contributed by atoms with Crippen LogP contribution < -0.4 is 0 Å². The first kappa shape index (κ1) is 11.5. The Balaban J connectivity index is 2.13. The van der Waals surface area contributed by atoms with Gasteiger partial charge in [0.05, 0.1) is 5.56 Å². The maximum Gasteiger partial charge on any atom is 0.337 e. The van der Waals surface area contributed by atoms with Gasteiger partial charge in [0.25, 0.3) is 0 Å². The number of pyridine rings is 1. The van der Waals surface area contributed by atoms with Gasteiger partial charge in [0.2, 0.25) is 0 Å². The maximum absolute atomic E-state index is 10.9. The predicted molar refractivity (Wildman–Crippen MR) is 71.1 cm³/mol. The molecule has 0 radical (unpaired) electrons. The molecule has 0 fully saturated rings. The first-order chi connectivity index (χ1) is 9.13. The van der Waals surface area contributed by atoms with Crippen molar-refractivity contribution in [2.75, 3.05) is 0 Å². The lowest BCUT2D eigenvalue weighted by molar-refractivity contribution is 0.0696. The van der Waals surface area contributed by atoms with Crippen molar-refractivity contribution in [3.05, 3.63) is 53.9 Å². The molecule has 4 heteroatoms. The topological polar surface area (TPSA) is 63.3 Å². The third-order valence-corrected chi connectivity index (χ3v) is 2.94. The second-order valence-corrected chi connectivity index (χ2v) is 4.42. The fourth-order valence-electron chi connectivity index (χ4n) is 2.00. The number of rotatable bonds is 2. The lowest BCUT2D eigenvalue weighted by Crippen LogP contribution is -1.96. The molecule has 0 aliphatic rings. The van der Waals surface area contributed by atoms with Gasteiger partial charge in [-0.3, -0.25) is 4.98 Å². The van der Waals surface area contributed by atoms with E-state index in [0.29, 0.717) is 11.3 Å². The molecule has 19 heavy (non-hydrogen) atoms.